The molecule has 2 fully saturated rings. The standard InChI is InChI=1S/C13H23NO3S/c1-8(15)9(2)18-7-13(12(16)17,10-3-4-10)14-11-5-6-11/h8-11,14-15H,3-7H2,1-2H3,(H,16,17). The van der Waals surface area contributed by atoms with Gasteiger partial charge in [-0.3, -0.25) is 10.1 Å². The van der Waals surface area contributed by atoms with Crippen LogP contribution < -0.4 is 5.32 Å². The van der Waals surface area contributed by atoms with E-state index < -0.39 is 17.6 Å². The zero-order valence-corrected chi connectivity index (χ0v) is 11.9. The van der Waals surface area contributed by atoms with Gasteiger partial charge in [0.2, 0.25) is 0 Å². The summed E-state index contributed by atoms with van der Waals surface area (Å²) in [5.74, 6) is 0.0988. The summed E-state index contributed by atoms with van der Waals surface area (Å²) < 4.78 is 0. The van der Waals surface area contributed by atoms with E-state index in [1.807, 2.05) is 6.92 Å². The van der Waals surface area contributed by atoms with Gasteiger partial charge in [-0.25, -0.2) is 0 Å². The lowest BCUT2D eigenvalue weighted by Crippen LogP contribution is -2.57. The molecule has 0 saturated heterocycles. The van der Waals surface area contributed by atoms with Crippen molar-refractivity contribution in [2.24, 2.45) is 5.92 Å². The highest BCUT2D eigenvalue weighted by Crippen LogP contribution is 2.44. The second kappa shape index (κ2) is 5.39. The summed E-state index contributed by atoms with van der Waals surface area (Å²) >= 11 is 1.56. The van der Waals surface area contributed by atoms with Crippen LogP contribution in [0.3, 0.4) is 0 Å². The second-order valence-electron chi connectivity index (χ2n) is 5.73. The smallest absolute Gasteiger partial charge is 0.325 e. The summed E-state index contributed by atoms with van der Waals surface area (Å²) in [6.45, 7) is 3.71. The number of aliphatic carboxylic acids is 1. The molecule has 0 aromatic rings. The average molecular weight is 273 g/mol. The summed E-state index contributed by atoms with van der Waals surface area (Å²) in [5.41, 5.74) is -0.769. The predicted octanol–water partition coefficient (Wildman–Crippen LogP) is 1.47. The third-order valence-corrected chi connectivity index (χ3v) is 5.49. The van der Waals surface area contributed by atoms with Gasteiger partial charge in [0.05, 0.1) is 6.10 Å². The highest BCUT2D eigenvalue weighted by molar-refractivity contribution is 8.00. The molecule has 3 unspecified atom stereocenters. The largest absolute Gasteiger partial charge is 0.480 e. The molecule has 3 N–H and O–H groups in total. The molecule has 2 aliphatic carbocycles. The van der Waals surface area contributed by atoms with Crippen molar-refractivity contribution in [2.75, 3.05) is 5.75 Å². The van der Waals surface area contributed by atoms with E-state index in [4.69, 9.17) is 0 Å². The van der Waals surface area contributed by atoms with Gasteiger partial charge >= 0.3 is 5.97 Å². The van der Waals surface area contributed by atoms with Crippen LogP contribution >= 0.6 is 11.8 Å². The normalized spacial score (nSPS) is 26.4. The number of rotatable bonds is 8. The fourth-order valence-electron chi connectivity index (χ4n) is 2.15. The van der Waals surface area contributed by atoms with Crippen LogP contribution in [-0.4, -0.2) is 44.9 Å². The quantitative estimate of drug-likeness (QED) is 0.625. The Bertz CT molecular complexity index is 315. The number of nitrogens with one attached hydrogen (secondary N) is 1. The number of thioether (sulfide) groups is 1. The summed E-state index contributed by atoms with van der Waals surface area (Å²) in [7, 11) is 0. The first-order valence-corrected chi connectivity index (χ1v) is 7.81. The minimum atomic E-state index is -0.769. The van der Waals surface area contributed by atoms with Gasteiger partial charge in [0.25, 0.3) is 0 Å². The number of hydrogen-bond donors (Lipinski definition) is 3. The van der Waals surface area contributed by atoms with Crippen molar-refractivity contribution in [3.8, 4) is 0 Å². The SMILES string of the molecule is CC(O)C(C)SCC(NC1CC1)(C(=O)O)C1CC1. The van der Waals surface area contributed by atoms with Gasteiger partial charge in [-0.15, -0.1) is 0 Å². The van der Waals surface area contributed by atoms with Crippen molar-refractivity contribution in [3.63, 3.8) is 0 Å². The molecule has 2 aliphatic rings. The van der Waals surface area contributed by atoms with Crippen molar-refractivity contribution < 1.29 is 15.0 Å². The van der Waals surface area contributed by atoms with Crippen molar-refractivity contribution in [2.45, 2.75) is 62.5 Å². The molecule has 2 saturated carbocycles. The van der Waals surface area contributed by atoms with Gasteiger partial charge in [0.1, 0.15) is 5.54 Å². The molecule has 0 heterocycles. The highest BCUT2D eigenvalue weighted by atomic mass is 32.2. The van der Waals surface area contributed by atoms with E-state index in [9.17, 15) is 15.0 Å². The van der Waals surface area contributed by atoms with Crippen LogP contribution in [0.4, 0.5) is 0 Å². The van der Waals surface area contributed by atoms with Crippen LogP contribution in [0.1, 0.15) is 39.5 Å². The molecule has 104 valence electrons. The molecule has 0 spiro atoms. The lowest BCUT2D eigenvalue weighted by atomic mass is 9.95. The third-order valence-electron chi connectivity index (χ3n) is 3.95. The number of carboxylic acid groups (broad SMARTS) is 1. The van der Waals surface area contributed by atoms with Crippen LogP contribution in [0.5, 0.6) is 0 Å². The molecule has 0 aromatic heterocycles. The van der Waals surface area contributed by atoms with Gasteiger partial charge in [-0.2, -0.15) is 11.8 Å². The first-order chi connectivity index (χ1) is 8.45. The fourth-order valence-corrected chi connectivity index (χ4v) is 3.39. The Balaban J connectivity index is 2.00. The van der Waals surface area contributed by atoms with Crippen LogP contribution in [0.2, 0.25) is 0 Å². The molecule has 3 atom stereocenters. The Morgan fingerprint density at radius 1 is 1.39 bits per heavy atom. The molecule has 5 heteroatoms. The van der Waals surface area contributed by atoms with Crippen LogP contribution in [-0.2, 0) is 4.79 Å². The number of hydrogen-bond acceptors (Lipinski definition) is 4. The summed E-state index contributed by atoms with van der Waals surface area (Å²) in [4.78, 5) is 11.7. The first-order valence-electron chi connectivity index (χ1n) is 6.76. The number of aliphatic hydroxyl groups excluding tert-OH is 1. The van der Waals surface area contributed by atoms with Crippen LogP contribution in [0, 0.1) is 5.92 Å². The molecule has 0 bridgehead atoms. The van der Waals surface area contributed by atoms with E-state index in [-0.39, 0.29) is 11.2 Å². The second-order valence-corrected chi connectivity index (χ2v) is 7.09. The third kappa shape index (κ3) is 3.19. The zero-order chi connectivity index (χ0) is 13.3. The van der Waals surface area contributed by atoms with Gasteiger partial charge in [0, 0.05) is 17.0 Å². The number of carboxylic acids is 1. The molecule has 4 nitrogen and oxygen atoms in total. The molecule has 0 aromatic carbocycles. The molecule has 0 amide bonds. The van der Waals surface area contributed by atoms with Crippen molar-refractivity contribution in [3.05, 3.63) is 0 Å². The van der Waals surface area contributed by atoms with E-state index in [1.54, 1.807) is 18.7 Å². The van der Waals surface area contributed by atoms with E-state index in [0.717, 1.165) is 25.7 Å². The van der Waals surface area contributed by atoms with E-state index in [0.29, 0.717) is 11.8 Å². The Labute approximate surface area is 113 Å². The van der Waals surface area contributed by atoms with Gasteiger partial charge < -0.3 is 10.2 Å². The highest BCUT2D eigenvalue weighted by Gasteiger charge is 2.53. The zero-order valence-electron chi connectivity index (χ0n) is 11.1. The first kappa shape index (κ1) is 14.2. The molecular formula is C13H23NO3S. The molecule has 2 rings (SSSR count). The topological polar surface area (TPSA) is 69.6 Å². The van der Waals surface area contributed by atoms with E-state index in [1.165, 1.54) is 0 Å². The molecule has 0 aliphatic heterocycles. The summed E-state index contributed by atoms with van der Waals surface area (Å²) in [6, 6.07) is 0.393. The van der Waals surface area contributed by atoms with Crippen molar-refractivity contribution >= 4 is 17.7 Å². The monoisotopic (exact) mass is 273 g/mol. The minimum absolute atomic E-state index is 0.0727. The number of aliphatic hydroxyl groups is 1. The fraction of sp³-hybridized carbons (Fsp3) is 0.923. The average Bonchev–Trinajstić information content (AvgIpc) is 3.14. The maximum Gasteiger partial charge on any atom is 0.325 e. The maximum absolute atomic E-state index is 11.7. The lowest BCUT2D eigenvalue weighted by molar-refractivity contribution is -0.145. The van der Waals surface area contributed by atoms with Crippen molar-refractivity contribution in [1.29, 1.82) is 0 Å². The number of carbonyl (C=O) groups is 1. The van der Waals surface area contributed by atoms with Crippen LogP contribution in [0.15, 0.2) is 0 Å². The van der Waals surface area contributed by atoms with Gasteiger partial charge in [0.15, 0.2) is 0 Å². The summed E-state index contributed by atoms with van der Waals surface area (Å²) in [5, 5.41) is 22.6. The lowest BCUT2D eigenvalue weighted by Gasteiger charge is -2.32. The Morgan fingerprint density at radius 2 is 2.00 bits per heavy atom. The van der Waals surface area contributed by atoms with Crippen LogP contribution in [0.25, 0.3) is 0 Å². The van der Waals surface area contributed by atoms with E-state index >= 15 is 0 Å². The Kier molecular flexibility index (Phi) is 4.24. The molecule has 0 radical (unpaired) electrons. The van der Waals surface area contributed by atoms with E-state index in [2.05, 4.69) is 5.32 Å². The maximum atomic E-state index is 11.7. The Hall–Kier alpha value is -0.260. The Morgan fingerprint density at radius 3 is 2.39 bits per heavy atom. The minimum Gasteiger partial charge on any atom is -0.480 e. The van der Waals surface area contributed by atoms with Gasteiger partial charge in [-0.05, 0) is 38.5 Å². The molecule has 18 heavy (non-hydrogen) atoms. The van der Waals surface area contributed by atoms with Gasteiger partial charge in [-0.1, -0.05) is 6.92 Å². The summed E-state index contributed by atoms with van der Waals surface area (Å²) in [6.07, 6.45) is 3.81. The predicted molar refractivity (Wildman–Crippen MR) is 72.8 cm³/mol. The van der Waals surface area contributed by atoms with Crippen molar-refractivity contribution in [1.82, 2.24) is 5.32 Å². The molecular weight excluding hydrogens is 250 g/mol.